The predicted octanol–water partition coefficient (Wildman–Crippen LogP) is 1.93. The minimum atomic E-state index is -3.93. The van der Waals surface area contributed by atoms with Gasteiger partial charge in [0.05, 0.1) is 25.6 Å². The van der Waals surface area contributed by atoms with Crippen molar-refractivity contribution in [3.8, 4) is 0 Å². The molecular formula is C21H25O8P. The first-order valence-electron chi connectivity index (χ1n) is 9.43. The van der Waals surface area contributed by atoms with Crippen molar-refractivity contribution < 1.29 is 38.8 Å². The highest BCUT2D eigenvalue weighted by molar-refractivity contribution is 7.57. The van der Waals surface area contributed by atoms with Gasteiger partial charge in [-0.05, 0) is 11.1 Å². The van der Waals surface area contributed by atoms with Crippen LogP contribution >= 0.6 is 7.60 Å². The molecule has 2 aromatic carbocycles. The lowest BCUT2D eigenvalue weighted by atomic mass is 10.1. The first kappa shape index (κ1) is 22.7. The van der Waals surface area contributed by atoms with E-state index < -0.39 is 38.6 Å². The van der Waals surface area contributed by atoms with Crippen LogP contribution in [-0.2, 0) is 31.6 Å². The van der Waals surface area contributed by atoms with E-state index in [1.165, 1.54) is 0 Å². The maximum Gasteiger partial charge on any atom is 0.358 e. The maximum atomic E-state index is 13.4. The monoisotopic (exact) mass is 436 g/mol. The summed E-state index contributed by atoms with van der Waals surface area (Å²) in [4.78, 5) is 0. The zero-order valence-electron chi connectivity index (χ0n) is 16.2. The second kappa shape index (κ2) is 10.3. The fraction of sp³-hybridized carbons (Fsp3) is 0.333. The van der Waals surface area contributed by atoms with Gasteiger partial charge in [-0.15, -0.1) is 0 Å². The number of rotatable bonds is 9. The molecule has 0 aromatic heterocycles. The molecule has 2 aromatic rings. The van der Waals surface area contributed by atoms with Crippen molar-refractivity contribution in [1.82, 2.24) is 0 Å². The van der Waals surface area contributed by atoms with Crippen molar-refractivity contribution in [3.05, 3.63) is 83.4 Å². The van der Waals surface area contributed by atoms with E-state index in [2.05, 4.69) is 0 Å². The van der Waals surface area contributed by atoms with Crippen molar-refractivity contribution in [2.45, 2.75) is 37.6 Å². The molecule has 4 N–H and O–H groups in total. The van der Waals surface area contributed by atoms with E-state index in [0.717, 1.165) is 16.9 Å². The van der Waals surface area contributed by atoms with Crippen LogP contribution in [0.15, 0.2) is 72.2 Å². The molecule has 0 bridgehead atoms. The number of hydrogen-bond acceptors (Lipinski definition) is 8. The lowest BCUT2D eigenvalue weighted by Gasteiger charge is -2.19. The van der Waals surface area contributed by atoms with Crippen molar-refractivity contribution in [2.24, 2.45) is 0 Å². The Morgan fingerprint density at radius 2 is 1.47 bits per heavy atom. The van der Waals surface area contributed by atoms with Crippen molar-refractivity contribution >= 4 is 7.60 Å². The van der Waals surface area contributed by atoms with Gasteiger partial charge in [0.1, 0.15) is 24.1 Å². The molecule has 3 rings (SSSR count). The highest BCUT2D eigenvalue weighted by Gasteiger charge is 2.44. The van der Waals surface area contributed by atoms with E-state index in [0.29, 0.717) is 0 Å². The molecule has 162 valence electrons. The van der Waals surface area contributed by atoms with Crippen molar-refractivity contribution in [1.29, 1.82) is 0 Å². The normalized spacial score (nSPS) is 24.0. The standard InChI is InChI=1S/C21H25O8P/c22-11-17(23)21-20(25)19(24)18(29-21)14-30(26,27-12-15-7-3-1-4-8-15)28-13-16-9-5-2-6-10-16/h1-10,14,17,19-25H,11-13H2/b18-14-/t17-,19+,20-,21+/m1/s1. The van der Waals surface area contributed by atoms with Crippen LogP contribution in [0.3, 0.4) is 0 Å². The molecule has 0 aliphatic carbocycles. The van der Waals surface area contributed by atoms with Crippen LogP contribution in [-0.4, -0.2) is 51.4 Å². The Balaban J connectivity index is 1.80. The van der Waals surface area contributed by atoms with Gasteiger partial charge in [-0.25, -0.2) is 0 Å². The summed E-state index contributed by atoms with van der Waals surface area (Å²) in [6.45, 7) is -0.704. The van der Waals surface area contributed by atoms with E-state index in [1.54, 1.807) is 24.3 Å². The summed E-state index contributed by atoms with van der Waals surface area (Å²) in [6.07, 6.45) is -5.75. The lowest BCUT2D eigenvalue weighted by molar-refractivity contribution is -0.0629. The van der Waals surface area contributed by atoms with Crippen molar-refractivity contribution in [3.63, 3.8) is 0 Å². The molecule has 1 saturated heterocycles. The van der Waals surface area contributed by atoms with Crippen LogP contribution in [0.25, 0.3) is 0 Å². The third kappa shape index (κ3) is 5.77. The van der Waals surface area contributed by atoms with Gasteiger partial charge in [0, 0.05) is 0 Å². The van der Waals surface area contributed by atoms with Gasteiger partial charge < -0.3 is 34.2 Å². The molecule has 0 radical (unpaired) electrons. The Bertz CT molecular complexity index is 826. The number of benzene rings is 2. The van der Waals surface area contributed by atoms with Gasteiger partial charge in [0.25, 0.3) is 0 Å². The van der Waals surface area contributed by atoms with Gasteiger partial charge in [-0.2, -0.15) is 0 Å². The number of hydrogen-bond donors (Lipinski definition) is 4. The topological polar surface area (TPSA) is 126 Å². The van der Waals surface area contributed by atoms with Gasteiger partial charge in [-0.1, -0.05) is 60.7 Å². The Labute approximate surface area is 174 Å². The third-order valence-electron chi connectivity index (χ3n) is 4.58. The summed E-state index contributed by atoms with van der Waals surface area (Å²) in [5, 5.41) is 39.2. The van der Waals surface area contributed by atoms with Gasteiger partial charge >= 0.3 is 7.60 Å². The minimum absolute atomic E-state index is 0.0158. The molecule has 1 aliphatic rings. The largest absolute Gasteiger partial charge is 0.486 e. The van der Waals surface area contributed by atoms with E-state index >= 15 is 0 Å². The SMILES string of the molecule is O=P(/C=C1\O[C@@H]([C@H](O)CO)[C@H](O)[C@H]1O)(OCc1ccccc1)OCc1ccccc1. The maximum absolute atomic E-state index is 13.4. The summed E-state index contributed by atoms with van der Waals surface area (Å²) in [5.74, 6) is 0.765. The summed E-state index contributed by atoms with van der Waals surface area (Å²) in [5.41, 5.74) is 1.53. The molecule has 1 fully saturated rings. The lowest BCUT2D eigenvalue weighted by Crippen LogP contribution is -2.40. The summed E-state index contributed by atoms with van der Waals surface area (Å²) < 4.78 is 29.9. The van der Waals surface area contributed by atoms with Crippen LogP contribution in [0, 0.1) is 0 Å². The van der Waals surface area contributed by atoms with E-state index in [-0.39, 0.29) is 19.0 Å². The van der Waals surface area contributed by atoms with E-state index in [9.17, 15) is 19.9 Å². The molecule has 0 amide bonds. The number of aliphatic hydroxyl groups is 4. The fourth-order valence-electron chi connectivity index (χ4n) is 2.91. The Morgan fingerprint density at radius 1 is 0.967 bits per heavy atom. The van der Waals surface area contributed by atoms with Crippen LogP contribution in [0.1, 0.15) is 11.1 Å². The third-order valence-corrected chi connectivity index (χ3v) is 6.13. The second-order valence-corrected chi connectivity index (χ2v) is 8.71. The van der Waals surface area contributed by atoms with E-state index in [4.69, 9.17) is 18.9 Å². The van der Waals surface area contributed by atoms with Gasteiger partial charge in [0.15, 0.2) is 6.10 Å². The molecule has 0 spiro atoms. The molecule has 30 heavy (non-hydrogen) atoms. The molecule has 4 atom stereocenters. The molecule has 9 heteroatoms. The first-order valence-corrected chi connectivity index (χ1v) is 11.0. The highest BCUT2D eigenvalue weighted by atomic mass is 31.2. The molecular weight excluding hydrogens is 411 g/mol. The average Bonchev–Trinajstić information content (AvgIpc) is 3.06. The molecule has 1 aliphatic heterocycles. The first-order chi connectivity index (χ1) is 14.4. The minimum Gasteiger partial charge on any atom is -0.486 e. The quantitative estimate of drug-likeness (QED) is 0.440. The fourth-order valence-corrected chi connectivity index (χ4v) is 4.31. The second-order valence-electron chi connectivity index (χ2n) is 6.86. The Hall–Kier alpha value is -2.03. The summed E-state index contributed by atoms with van der Waals surface area (Å²) >= 11 is 0. The smallest absolute Gasteiger partial charge is 0.358 e. The van der Waals surface area contributed by atoms with Gasteiger partial charge in [0.2, 0.25) is 0 Å². The predicted molar refractivity (Wildman–Crippen MR) is 108 cm³/mol. The van der Waals surface area contributed by atoms with Crippen LogP contribution in [0.4, 0.5) is 0 Å². The zero-order valence-corrected chi connectivity index (χ0v) is 17.0. The van der Waals surface area contributed by atoms with Crippen LogP contribution in [0.2, 0.25) is 0 Å². The van der Waals surface area contributed by atoms with Crippen LogP contribution < -0.4 is 0 Å². The number of aliphatic hydroxyl groups excluding tert-OH is 4. The Kier molecular flexibility index (Phi) is 7.80. The number of ether oxygens (including phenoxy) is 1. The van der Waals surface area contributed by atoms with E-state index in [1.807, 2.05) is 36.4 Å². The van der Waals surface area contributed by atoms with Gasteiger partial charge in [-0.3, -0.25) is 4.57 Å². The average molecular weight is 436 g/mol. The van der Waals surface area contributed by atoms with Crippen molar-refractivity contribution in [2.75, 3.05) is 6.61 Å². The molecule has 0 saturated carbocycles. The molecule has 8 nitrogen and oxygen atoms in total. The summed E-state index contributed by atoms with van der Waals surface area (Å²) in [7, 11) is -3.93. The summed E-state index contributed by atoms with van der Waals surface area (Å²) in [6, 6.07) is 18.1. The molecule has 1 heterocycles. The Morgan fingerprint density at radius 3 is 1.93 bits per heavy atom. The highest BCUT2D eigenvalue weighted by Crippen LogP contribution is 2.53. The molecule has 0 unspecified atom stereocenters. The zero-order chi connectivity index (χ0) is 21.6. The van der Waals surface area contributed by atoms with Crippen LogP contribution in [0.5, 0.6) is 0 Å².